The van der Waals surface area contributed by atoms with E-state index < -0.39 is 0 Å². The summed E-state index contributed by atoms with van der Waals surface area (Å²) in [6, 6.07) is 10.7. The molecule has 4 unspecified atom stereocenters. The zero-order chi connectivity index (χ0) is 16.9. The predicted molar refractivity (Wildman–Crippen MR) is 104 cm³/mol. The zero-order valence-electron chi connectivity index (χ0n) is 15.6. The normalized spacial score (nSPS) is 33.8. The second-order valence-electron chi connectivity index (χ2n) is 9.22. The fraction of sp³-hybridized carbons (Fsp3) is 0.478. The summed E-state index contributed by atoms with van der Waals surface area (Å²) in [5, 5.41) is 0. The lowest BCUT2D eigenvalue weighted by Gasteiger charge is -2.48. The maximum atomic E-state index is 2.70. The van der Waals surface area contributed by atoms with E-state index in [-0.39, 0.29) is 0 Å². The third-order valence-electron chi connectivity index (χ3n) is 7.43. The van der Waals surface area contributed by atoms with Gasteiger partial charge in [0.15, 0.2) is 0 Å². The number of hydrogen-bond acceptors (Lipinski definition) is 1. The monoisotopic (exact) mass is 331 g/mol. The molecular formula is C23H27N2+. The molecule has 2 aliphatic heterocycles. The molecule has 4 aliphatic rings. The highest BCUT2D eigenvalue weighted by Gasteiger charge is 2.59. The molecule has 0 radical (unpaired) electrons. The third kappa shape index (κ3) is 1.87. The fourth-order valence-electron chi connectivity index (χ4n) is 6.22. The molecule has 2 bridgehead atoms. The Morgan fingerprint density at radius 1 is 0.960 bits per heavy atom. The van der Waals surface area contributed by atoms with Gasteiger partial charge in [-0.05, 0) is 66.6 Å². The molecule has 1 saturated carbocycles. The summed E-state index contributed by atoms with van der Waals surface area (Å²) in [4.78, 5) is 2.70. The summed E-state index contributed by atoms with van der Waals surface area (Å²) >= 11 is 0. The van der Waals surface area contributed by atoms with E-state index in [9.17, 15) is 0 Å². The first-order valence-corrected chi connectivity index (χ1v) is 9.87. The molecule has 2 fully saturated rings. The van der Waals surface area contributed by atoms with Crippen LogP contribution < -0.4 is 4.48 Å². The minimum Gasteiger partial charge on any atom is -0.278 e. The Labute approximate surface area is 150 Å². The molecule has 2 heterocycles. The highest BCUT2D eigenvalue weighted by molar-refractivity contribution is 5.74. The van der Waals surface area contributed by atoms with Crippen molar-refractivity contribution in [3.05, 3.63) is 52.1 Å². The van der Waals surface area contributed by atoms with Gasteiger partial charge >= 0.3 is 0 Å². The number of fused-ring (bicyclic) bond motifs is 7. The lowest BCUT2D eigenvalue weighted by Crippen LogP contribution is -2.61. The van der Waals surface area contributed by atoms with Crippen LogP contribution in [0.2, 0.25) is 0 Å². The Bertz CT molecular complexity index is 911. The fourth-order valence-corrected chi connectivity index (χ4v) is 6.22. The summed E-state index contributed by atoms with van der Waals surface area (Å²) in [6.07, 6.45) is 3.97. The summed E-state index contributed by atoms with van der Waals surface area (Å²) in [6.45, 7) is 8.31. The third-order valence-corrected chi connectivity index (χ3v) is 7.43. The van der Waals surface area contributed by atoms with Crippen LogP contribution in [-0.2, 0) is 19.4 Å². The number of quaternary nitrogens is 1. The highest BCUT2D eigenvalue weighted by Crippen LogP contribution is 2.52. The molecule has 2 aromatic carbocycles. The van der Waals surface area contributed by atoms with Gasteiger partial charge < -0.3 is 0 Å². The lowest BCUT2D eigenvalue weighted by molar-refractivity contribution is 0.0799. The number of hydrogen-bond donors (Lipinski definition) is 0. The molecule has 2 aromatic rings. The average Bonchev–Trinajstić information content (AvgIpc) is 3.28. The molecule has 6 rings (SSSR count). The number of benzene rings is 2. The van der Waals surface area contributed by atoms with E-state index in [0.717, 1.165) is 23.0 Å². The van der Waals surface area contributed by atoms with Crippen molar-refractivity contribution >= 4 is 5.69 Å². The van der Waals surface area contributed by atoms with Crippen molar-refractivity contribution in [2.45, 2.75) is 45.7 Å². The van der Waals surface area contributed by atoms with Crippen molar-refractivity contribution in [1.82, 2.24) is 9.38 Å². The van der Waals surface area contributed by atoms with E-state index in [1.807, 2.05) is 0 Å². The van der Waals surface area contributed by atoms with Crippen molar-refractivity contribution in [3.8, 4) is 11.1 Å². The topological polar surface area (TPSA) is 3.24 Å². The van der Waals surface area contributed by atoms with Crippen LogP contribution in [0.4, 0.5) is 5.69 Å². The smallest absolute Gasteiger partial charge is 0.141 e. The van der Waals surface area contributed by atoms with Crippen molar-refractivity contribution in [2.75, 3.05) is 20.3 Å². The van der Waals surface area contributed by atoms with Crippen LogP contribution in [0, 0.1) is 19.8 Å². The van der Waals surface area contributed by atoms with Gasteiger partial charge in [-0.3, -0.25) is 9.38 Å². The standard InChI is InChI=1S/C23H27N2/c1-14-6-17(8-16-4-5-21(14)16)18-7-15(2)23-20(9-18)12-24-11-19-10-22(19)25(23,3)13-24/h6-9,19,22H,4-5,10-13H2,1-3H3/q+1. The Morgan fingerprint density at radius 2 is 1.72 bits per heavy atom. The van der Waals surface area contributed by atoms with Crippen LogP contribution in [0.1, 0.15) is 34.2 Å². The molecule has 25 heavy (non-hydrogen) atoms. The average molecular weight is 331 g/mol. The first-order chi connectivity index (χ1) is 12.0. The number of aryl methyl sites for hydroxylation is 3. The highest BCUT2D eigenvalue weighted by atomic mass is 15.5. The molecule has 0 N–H and O–H groups in total. The van der Waals surface area contributed by atoms with Crippen LogP contribution in [0.5, 0.6) is 0 Å². The molecule has 0 aromatic heterocycles. The molecule has 2 aliphatic carbocycles. The second kappa shape index (κ2) is 4.55. The molecule has 1 saturated heterocycles. The van der Waals surface area contributed by atoms with Crippen LogP contribution in [0.15, 0.2) is 24.3 Å². The van der Waals surface area contributed by atoms with Crippen molar-refractivity contribution in [1.29, 1.82) is 0 Å². The van der Waals surface area contributed by atoms with Crippen LogP contribution >= 0.6 is 0 Å². The molecule has 2 nitrogen and oxygen atoms in total. The van der Waals surface area contributed by atoms with Gasteiger partial charge in [0.25, 0.3) is 0 Å². The molecule has 0 spiro atoms. The van der Waals surface area contributed by atoms with Gasteiger partial charge in [-0.2, -0.15) is 0 Å². The van der Waals surface area contributed by atoms with Gasteiger partial charge in [-0.15, -0.1) is 0 Å². The van der Waals surface area contributed by atoms with Gasteiger partial charge in [0.1, 0.15) is 12.4 Å². The van der Waals surface area contributed by atoms with Crippen molar-refractivity contribution in [3.63, 3.8) is 0 Å². The molecular weight excluding hydrogens is 304 g/mol. The predicted octanol–water partition coefficient (Wildman–Crippen LogP) is 4.18. The summed E-state index contributed by atoms with van der Waals surface area (Å²) < 4.78 is 1.16. The Hall–Kier alpha value is -1.64. The maximum Gasteiger partial charge on any atom is 0.141 e. The van der Waals surface area contributed by atoms with E-state index in [0.29, 0.717) is 0 Å². The first-order valence-electron chi connectivity index (χ1n) is 9.87. The van der Waals surface area contributed by atoms with E-state index >= 15 is 0 Å². The van der Waals surface area contributed by atoms with Crippen LogP contribution in [0.3, 0.4) is 0 Å². The van der Waals surface area contributed by atoms with Gasteiger partial charge in [0.2, 0.25) is 0 Å². The minimum absolute atomic E-state index is 0.874. The Morgan fingerprint density at radius 3 is 2.44 bits per heavy atom. The zero-order valence-corrected chi connectivity index (χ0v) is 15.6. The van der Waals surface area contributed by atoms with Gasteiger partial charge in [-0.1, -0.05) is 12.1 Å². The number of nitrogens with zero attached hydrogens (tertiary/aromatic N) is 2. The SMILES string of the molecule is Cc1cc(-c2cc(C)c3c(c2)CN2CC4CC4[N+]3(C)C2)cc2c1CC2. The van der Waals surface area contributed by atoms with E-state index in [2.05, 4.69) is 50.1 Å². The summed E-state index contributed by atoms with van der Waals surface area (Å²) in [5.41, 5.74) is 12.2. The van der Waals surface area contributed by atoms with E-state index in [4.69, 9.17) is 0 Å². The Balaban J connectivity index is 1.51. The molecule has 2 heteroatoms. The first kappa shape index (κ1) is 14.5. The van der Waals surface area contributed by atoms with Gasteiger partial charge in [-0.25, -0.2) is 0 Å². The van der Waals surface area contributed by atoms with Gasteiger partial charge in [0.05, 0.1) is 13.1 Å². The summed E-state index contributed by atoms with van der Waals surface area (Å²) in [7, 11) is 2.48. The molecule has 4 atom stereocenters. The van der Waals surface area contributed by atoms with Crippen molar-refractivity contribution < 1.29 is 0 Å². The van der Waals surface area contributed by atoms with Crippen molar-refractivity contribution in [2.24, 2.45) is 5.92 Å². The van der Waals surface area contributed by atoms with Gasteiger partial charge in [0, 0.05) is 36.6 Å². The molecule has 0 amide bonds. The van der Waals surface area contributed by atoms with Crippen LogP contribution in [0.25, 0.3) is 11.1 Å². The Kier molecular flexibility index (Phi) is 2.64. The molecule has 128 valence electrons. The maximum absolute atomic E-state index is 2.70. The van der Waals surface area contributed by atoms with E-state index in [1.165, 1.54) is 54.7 Å². The van der Waals surface area contributed by atoms with E-state index in [1.54, 1.807) is 22.4 Å². The number of rotatable bonds is 1. The second-order valence-corrected chi connectivity index (χ2v) is 9.22. The summed E-state index contributed by atoms with van der Waals surface area (Å²) in [5.74, 6) is 0.946. The van der Waals surface area contributed by atoms with Crippen LogP contribution in [-0.4, -0.2) is 31.2 Å². The largest absolute Gasteiger partial charge is 0.278 e. The lowest BCUT2D eigenvalue weighted by atomic mass is 9.82. The minimum atomic E-state index is 0.874. The quantitative estimate of drug-likeness (QED) is 0.709.